The Bertz CT molecular complexity index is 726. The standard InChI is InChI=1S/C17H18N2O/c1-2-11-7-8-15-16-13(9-10-19(15)17(11)20)12-5-3-4-6-14(12)18-16/h3-6,8,11,18H,2,7,9-10H2,1H3. The van der Waals surface area contributed by atoms with Crippen LogP contribution in [0.3, 0.4) is 0 Å². The number of aromatic nitrogens is 1. The number of carbonyl (C=O) groups is 1. The molecule has 0 radical (unpaired) electrons. The van der Waals surface area contributed by atoms with E-state index in [1.54, 1.807) is 0 Å². The molecule has 2 aliphatic heterocycles. The Labute approximate surface area is 118 Å². The molecule has 2 aliphatic rings. The fraction of sp³-hybridized carbons (Fsp3) is 0.353. The van der Waals surface area contributed by atoms with Gasteiger partial charge in [-0.3, -0.25) is 4.79 Å². The molecule has 1 N–H and O–H groups in total. The zero-order valence-corrected chi connectivity index (χ0v) is 11.6. The van der Waals surface area contributed by atoms with E-state index >= 15 is 0 Å². The summed E-state index contributed by atoms with van der Waals surface area (Å²) < 4.78 is 0. The summed E-state index contributed by atoms with van der Waals surface area (Å²) in [5.74, 6) is 0.471. The van der Waals surface area contributed by atoms with E-state index in [9.17, 15) is 4.79 Å². The van der Waals surface area contributed by atoms with Crippen molar-refractivity contribution in [3.8, 4) is 0 Å². The first-order chi connectivity index (χ1) is 9.79. The van der Waals surface area contributed by atoms with E-state index in [4.69, 9.17) is 0 Å². The minimum absolute atomic E-state index is 0.171. The number of amides is 1. The molecule has 3 nitrogen and oxygen atoms in total. The number of hydrogen-bond donors (Lipinski definition) is 1. The number of benzene rings is 1. The summed E-state index contributed by atoms with van der Waals surface area (Å²) >= 11 is 0. The minimum atomic E-state index is 0.171. The van der Waals surface area contributed by atoms with Crippen LogP contribution in [0, 0.1) is 5.92 Å². The number of para-hydroxylation sites is 1. The molecule has 0 bridgehead atoms. The van der Waals surface area contributed by atoms with Gasteiger partial charge in [0.05, 0.1) is 11.4 Å². The maximum absolute atomic E-state index is 12.5. The summed E-state index contributed by atoms with van der Waals surface area (Å²) in [6, 6.07) is 8.41. The first-order valence-corrected chi connectivity index (χ1v) is 7.41. The molecular formula is C17H18N2O. The van der Waals surface area contributed by atoms with Gasteiger partial charge in [0.2, 0.25) is 5.91 Å². The molecular weight excluding hydrogens is 248 g/mol. The van der Waals surface area contributed by atoms with Crippen molar-refractivity contribution in [2.24, 2.45) is 5.92 Å². The van der Waals surface area contributed by atoms with Crippen LogP contribution >= 0.6 is 0 Å². The maximum atomic E-state index is 12.5. The van der Waals surface area contributed by atoms with Gasteiger partial charge in [-0.1, -0.05) is 31.2 Å². The summed E-state index contributed by atoms with van der Waals surface area (Å²) in [6.07, 6.45) is 4.98. The van der Waals surface area contributed by atoms with Crippen LogP contribution in [0.1, 0.15) is 31.0 Å². The van der Waals surface area contributed by atoms with Gasteiger partial charge in [0, 0.05) is 23.4 Å². The van der Waals surface area contributed by atoms with Crippen LogP contribution in [0.2, 0.25) is 0 Å². The average molecular weight is 266 g/mol. The molecule has 3 heterocycles. The van der Waals surface area contributed by atoms with Crippen molar-refractivity contribution in [2.75, 3.05) is 6.54 Å². The second-order valence-electron chi connectivity index (χ2n) is 5.69. The average Bonchev–Trinajstić information content (AvgIpc) is 2.86. The molecule has 102 valence electrons. The van der Waals surface area contributed by atoms with Gasteiger partial charge in [0.15, 0.2) is 0 Å². The van der Waals surface area contributed by atoms with Gasteiger partial charge in [-0.25, -0.2) is 0 Å². The normalized spacial score (nSPS) is 21.6. The number of fused-ring (bicyclic) bond motifs is 5. The SMILES string of the molecule is CCC1CC=C2c3[nH]c4ccccc4c3CCN2C1=O. The molecule has 1 aromatic heterocycles. The van der Waals surface area contributed by atoms with Crippen LogP contribution in [0.25, 0.3) is 16.6 Å². The predicted molar refractivity (Wildman–Crippen MR) is 80.1 cm³/mol. The van der Waals surface area contributed by atoms with Gasteiger partial charge in [-0.2, -0.15) is 0 Å². The number of nitrogens with one attached hydrogen (secondary N) is 1. The highest BCUT2D eigenvalue weighted by Gasteiger charge is 2.34. The largest absolute Gasteiger partial charge is 0.353 e. The monoisotopic (exact) mass is 266 g/mol. The number of rotatable bonds is 1. The fourth-order valence-corrected chi connectivity index (χ4v) is 3.51. The molecule has 2 aromatic rings. The summed E-state index contributed by atoms with van der Waals surface area (Å²) in [5.41, 5.74) is 4.79. The highest BCUT2D eigenvalue weighted by Crippen LogP contribution is 2.37. The Morgan fingerprint density at radius 3 is 3.05 bits per heavy atom. The van der Waals surface area contributed by atoms with Crippen molar-refractivity contribution in [2.45, 2.75) is 26.2 Å². The molecule has 20 heavy (non-hydrogen) atoms. The topological polar surface area (TPSA) is 36.1 Å². The fourth-order valence-electron chi connectivity index (χ4n) is 3.51. The number of nitrogens with zero attached hydrogens (tertiary/aromatic N) is 1. The quantitative estimate of drug-likeness (QED) is 0.844. The Kier molecular flexibility index (Phi) is 2.49. The van der Waals surface area contributed by atoms with Crippen molar-refractivity contribution < 1.29 is 4.79 Å². The van der Waals surface area contributed by atoms with Crippen molar-refractivity contribution in [1.29, 1.82) is 0 Å². The third kappa shape index (κ3) is 1.49. The van der Waals surface area contributed by atoms with E-state index in [0.717, 1.165) is 37.2 Å². The Hall–Kier alpha value is -2.03. The number of carbonyl (C=O) groups excluding carboxylic acids is 1. The third-order valence-electron chi connectivity index (χ3n) is 4.65. The predicted octanol–water partition coefficient (Wildman–Crippen LogP) is 3.32. The van der Waals surface area contributed by atoms with E-state index in [-0.39, 0.29) is 5.92 Å². The molecule has 0 spiro atoms. The van der Waals surface area contributed by atoms with Crippen LogP contribution < -0.4 is 0 Å². The second-order valence-corrected chi connectivity index (χ2v) is 5.69. The Morgan fingerprint density at radius 2 is 2.20 bits per heavy atom. The maximum Gasteiger partial charge on any atom is 0.230 e. The van der Waals surface area contributed by atoms with Crippen molar-refractivity contribution >= 4 is 22.5 Å². The van der Waals surface area contributed by atoms with E-state index in [2.05, 4.69) is 42.2 Å². The second kappa shape index (κ2) is 4.23. The van der Waals surface area contributed by atoms with Gasteiger partial charge in [-0.15, -0.1) is 0 Å². The van der Waals surface area contributed by atoms with Crippen LogP contribution in [-0.2, 0) is 11.2 Å². The van der Waals surface area contributed by atoms with E-state index in [0.29, 0.717) is 5.91 Å². The number of hydrogen-bond acceptors (Lipinski definition) is 1. The van der Waals surface area contributed by atoms with Gasteiger partial charge < -0.3 is 9.88 Å². The molecule has 1 aromatic carbocycles. The molecule has 0 saturated carbocycles. The zero-order chi connectivity index (χ0) is 13.7. The van der Waals surface area contributed by atoms with Crippen LogP contribution in [0.5, 0.6) is 0 Å². The van der Waals surface area contributed by atoms with Gasteiger partial charge in [0.25, 0.3) is 0 Å². The molecule has 0 aliphatic carbocycles. The van der Waals surface area contributed by atoms with Crippen molar-refractivity contribution in [3.05, 3.63) is 41.6 Å². The first kappa shape index (κ1) is 11.8. The summed E-state index contributed by atoms with van der Waals surface area (Å²) in [7, 11) is 0. The minimum Gasteiger partial charge on any atom is -0.353 e. The lowest BCUT2D eigenvalue weighted by atomic mass is 9.91. The molecule has 4 rings (SSSR count). The van der Waals surface area contributed by atoms with E-state index in [1.165, 1.54) is 16.5 Å². The van der Waals surface area contributed by atoms with Gasteiger partial charge >= 0.3 is 0 Å². The summed E-state index contributed by atoms with van der Waals surface area (Å²) in [4.78, 5) is 18.0. The lowest BCUT2D eigenvalue weighted by Crippen LogP contribution is -2.41. The summed E-state index contributed by atoms with van der Waals surface area (Å²) in [5, 5.41) is 1.30. The summed E-state index contributed by atoms with van der Waals surface area (Å²) in [6.45, 7) is 2.91. The number of H-pyrrole nitrogens is 1. The molecule has 1 atom stereocenters. The smallest absolute Gasteiger partial charge is 0.230 e. The van der Waals surface area contributed by atoms with Gasteiger partial charge in [-0.05, 0) is 30.9 Å². The Balaban J connectivity index is 1.88. The first-order valence-electron chi connectivity index (χ1n) is 7.41. The van der Waals surface area contributed by atoms with E-state index < -0.39 is 0 Å². The number of aromatic amines is 1. The van der Waals surface area contributed by atoms with Gasteiger partial charge in [0.1, 0.15) is 0 Å². The highest BCUT2D eigenvalue weighted by atomic mass is 16.2. The van der Waals surface area contributed by atoms with Crippen molar-refractivity contribution in [3.63, 3.8) is 0 Å². The molecule has 3 heteroatoms. The van der Waals surface area contributed by atoms with Crippen LogP contribution in [0.4, 0.5) is 0 Å². The Morgan fingerprint density at radius 1 is 1.35 bits per heavy atom. The highest BCUT2D eigenvalue weighted by molar-refractivity contribution is 5.96. The molecule has 1 amide bonds. The van der Waals surface area contributed by atoms with Crippen LogP contribution in [0.15, 0.2) is 30.3 Å². The zero-order valence-electron chi connectivity index (χ0n) is 11.6. The lowest BCUT2D eigenvalue weighted by molar-refractivity contribution is -0.132. The van der Waals surface area contributed by atoms with Crippen molar-refractivity contribution in [1.82, 2.24) is 9.88 Å². The molecule has 0 fully saturated rings. The lowest BCUT2D eigenvalue weighted by Gasteiger charge is -2.35. The van der Waals surface area contributed by atoms with Crippen LogP contribution in [-0.4, -0.2) is 22.3 Å². The molecule has 0 saturated heterocycles. The third-order valence-corrected chi connectivity index (χ3v) is 4.65. The number of allylic oxidation sites excluding steroid dienone is 1. The van der Waals surface area contributed by atoms with E-state index in [1.807, 2.05) is 4.90 Å². The molecule has 1 unspecified atom stereocenters.